The van der Waals surface area contributed by atoms with Gasteiger partial charge in [-0.1, -0.05) is 0 Å². The lowest BCUT2D eigenvalue weighted by atomic mass is 9.92. The summed E-state index contributed by atoms with van der Waals surface area (Å²) in [7, 11) is 3.82. The van der Waals surface area contributed by atoms with Crippen LogP contribution in [0.15, 0.2) is 30.7 Å². The summed E-state index contributed by atoms with van der Waals surface area (Å²) in [6, 6.07) is 4.54. The molecule has 0 spiro atoms. The van der Waals surface area contributed by atoms with Gasteiger partial charge < -0.3 is 10.2 Å². The molecule has 1 saturated heterocycles. The first-order chi connectivity index (χ1) is 11.6. The van der Waals surface area contributed by atoms with Gasteiger partial charge in [0, 0.05) is 57.7 Å². The van der Waals surface area contributed by atoms with Crippen molar-refractivity contribution in [1.29, 1.82) is 0 Å². The highest BCUT2D eigenvalue weighted by Crippen LogP contribution is 2.30. The van der Waals surface area contributed by atoms with Gasteiger partial charge in [-0.15, -0.1) is 0 Å². The number of aromatic nitrogens is 4. The van der Waals surface area contributed by atoms with Crippen molar-refractivity contribution < 1.29 is 4.79 Å². The van der Waals surface area contributed by atoms with Crippen LogP contribution in [0.25, 0.3) is 0 Å². The molecule has 2 aromatic rings. The standard InChI is InChI=1S/C17H26N6O/c1-13(8-12-23-11-4-9-19-23)20-14-5-6-16(24)21(2)17(14)15-7-10-18-22(15)3/h4,7,9-11,13-14,17,20H,5-6,8,12H2,1-3H3/t13?,14-,17-/m1/s1. The number of nitrogens with one attached hydrogen (secondary N) is 1. The predicted octanol–water partition coefficient (Wildman–Crippen LogP) is 1.35. The van der Waals surface area contributed by atoms with E-state index in [1.807, 2.05) is 46.7 Å². The second-order valence-corrected chi connectivity index (χ2v) is 6.60. The van der Waals surface area contributed by atoms with E-state index in [4.69, 9.17) is 0 Å². The Kier molecular flexibility index (Phi) is 4.99. The third-order valence-corrected chi connectivity index (χ3v) is 4.87. The number of nitrogens with zero attached hydrogens (tertiary/aromatic N) is 5. The summed E-state index contributed by atoms with van der Waals surface area (Å²) in [4.78, 5) is 14.0. The minimum absolute atomic E-state index is 0.0194. The number of piperidine rings is 1. The van der Waals surface area contributed by atoms with Gasteiger partial charge >= 0.3 is 0 Å². The second kappa shape index (κ2) is 7.17. The summed E-state index contributed by atoms with van der Waals surface area (Å²) >= 11 is 0. The van der Waals surface area contributed by atoms with Crippen LogP contribution in [0.5, 0.6) is 0 Å². The Morgan fingerprint density at radius 2 is 2.17 bits per heavy atom. The normalized spacial score (nSPS) is 22.8. The zero-order valence-electron chi connectivity index (χ0n) is 14.6. The van der Waals surface area contributed by atoms with Crippen molar-refractivity contribution in [2.24, 2.45) is 7.05 Å². The van der Waals surface area contributed by atoms with Crippen molar-refractivity contribution in [2.45, 2.75) is 50.9 Å². The average molecular weight is 330 g/mol. The lowest BCUT2D eigenvalue weighted by molar-refractivity contribution is -0.136. The summed E-state index contributed by atoms with van der Waals surface area (Å²) in [5, 5.41) is 12.2. The van der Waals surface area contributed by atoms with E-state index in [-0.39, 0.29) is 18.0 Å². The second-order valence-electron chi connectivity index (χ2n) is 6.60. The molecule has 0 bridgehead atoms. The van der Waals surface area contributed by atoms with Gasteiger partial charge in [0.2, 0.25) is 5.91 Å². The molecule has 7 heteroatoms. The van der Waals surface area contributed by atoms with Gasteiger partial charge in [0.25, 0.3) is 0 Å². The van der Waals surface area contributed by atoms with Gasteiger partial charge in [-0.3, -0.25) is 14.2 Å². The van der Waals surface area contributed by atoms with Crippen LogP contribution in [0.3, 0.4) is 0 Å². The molecule has 3 heterocycles. The summed E-state index contributed by atoms with van der Waals surface area (Å²) in [6.07, 6.45) is 8.02. The molecule has 1 N–H and O–H groups in total. The van der Waals surface area contributed by atoms with E-state index >= 15 is 0 Å². The maximum Gasteiger partial charge on any atom is 0.222 e. The molecular weight excluding hydrogens is 304 g/mol. The Balaban J connectivity index is 1.67. The molecule has 0 aliphatic carbocycles. The summed E-state index contributed by atoms with van der Waals surface area (Å²) in [6.45, 7) is 3.08. The van der Waals surface area contributed by atoms with Crippen molar-refractivity contribution in [3.8, 4) is 0 Å². The maximum absolute atomic E-state index is 12.2. The zero-order valence-corrected chi connectivity index (χ0v) is 14.6. The number of hydrogen-bond donors (Lipinski definition) is 1. The lowest BCUT2D eigenvalue weighted by Crippen LogP contribution is -2.52. The smallest absolute Gasteiger partial charge is 0.222 e. The van der Waals surface area contributed by atoms with Crippen LogP contribution in [0.2, 0.25) is 0 Å². The van der Waals surface area contributed by atoms with E-state index in [1.165, 1.54) is 0 Å². The quantitative estimate of drug-likeness (QED) is 0.868. The molecule has 1 aliphatic heterocycles. The highest BCUT2D eigenvalue weighted by molar-refractivity contribution is 5.77. The molecular formula is C17H26N6O. The molecule has 1 amide bonds. The molecule has 2 aromatic heterocycles. The largest absolute Gasteiger partial charge is 0.336 e. The van der Waals surface area contributed by atoms with Gasteiger partial charge in [0.1, 0.15) is 0 Å². The number of hydrogen-bond acceptors (Lipinski definition) is 4. The van der Waals surface area contributed by atoms with Crippen molar-refractivity contribution >= 4 is 5.91 Å². The average Bonchev–Trinajstić information content (AvgIpc) is 3.21. The number of carbonyl (C=O) groups is 1. The fourth-order valence-electron chi connectivity index (χ4n) is 3.50. The fourth-order valence-corrected chi connectivity index (χ4v) is 3.50. The molecule has 0 saturated carbocycles. The molecule has 3 rings (SSSR count). The summed E-state index contributed by atoms with van der Waals surface area (Å²) < 4.78 is 3.82. The SMILES string of the molecule is CC(CCn1cccn1)N[C@@H]1CCC(=O)N(C)[C@H]1c1ccnn1C. The van der Waals surface area contributed by atoms with Crippen LogP contribution in [-0.4, -0.2) is 49.5 Å². The molecule has 1 fully saturated rings. The topological polar surface area (TPSA) is 68.0 Å². The Hall–Kier alpha value is -2.15. The van der Waals surface area contributed by atoms with E-state index in [0.717, 1.165) is 25.1 Å². The fraction of sp³-hybridized carbons (Fsp3) is 0.588. The number of carbonyl (C=O) groups excluding carboxylic acids is 1. The van der Waals surface area contributed by atoms with Gasteiger partial charge in [0.15, 0.2) is 0 Å². The number of rotatable bonds is 6. The van der Waals surface area contributed by atoms with E-state index in [1.54, 1.807) is 12.4 Å². The van der Waals surface area contributed by atoms with Crippen molar-refractivity contribution in [3.63, 3.8) is 0 Å². The Labute approximate surface area is 142 Å². The maximum atomic E-state index is 12.2. The number of likely N-dealkylation sites (N-methyl/N-ethyl adjacent to an activating group) is 1. The zero-order chi connectivity index (χ0) is 17.1. The van der Waals surface area contributed by atoms with Gasteiger partial charge in [-0.2, -0.15) is 10.2 Å². The van der Waals surface area contributed by atoms with E-state index < -0.39 is 0 Å². The predicted molar refractivity (Wildman–Crippen MR) is 91.2 cm³/mol. The first-order valence-corrected chi connectivity index (χ1v) is 8.53. The highest BCUT2D eigenvalue weighted by atomic mass is 16.2. The lowest BCUT2D eigenvalue weighted by Gasteiger charge is -2.40. The Morgan fingerprint density at radius 3 is 2.83 bits per heavy atom. The molecule has 130 valence electrons. The van der Waals surface area contributed by atoms with Crippen LogP contribution in [-0.2, 0) is 18.4 Å². The number of amides is 1. The molecule has 3 atom stereocenters. The number of likely N-dealkylation sites (tertiary alicyclic amines) is 1. The van der Waals surface area contributed by atoms with Crippen molar-refractivity contribution in [3.05, 3.63) is 36.4 Å². The number of aryl methyl sites for hydroxylation is 2. The third kappa shape index (κ3) is 3.51. The molecule has 7 nitrogen and oxygen atoms in total. The molecule has 0 radical (unpaired) electrons. The summed E-state index contributed by atoms with van der Waals surface area (Å²) in [5.41, 5.74) is 1.07. The Morgan fingerprint density at radius 1 is 1.33 bits per heavy atom. The third-order valence-electron chi connectivity index (χ3n) is 4.87. The summed E-state index contributed by atoms with van der Waals surface area (Å²) in [5.74, 6) is 0.198. The van der Waals surface area contributed by atoms with Crippen molar-refractivity contribution in [1.82, 2.24) is 29.8 Å². The van der Waals surface area contributed by atoms with Crippen LogP contribution in [0.4, 0.5) is 0 Å². The molecule has 1 unspecified atom stereocenters. The monoisotopic (exact) mass is 330 g/mol. The highest BCUT2D eigenvalue weighted by Gasteiger charge is 2.36. The van der Waals surface area contributed by atoms with Gasteiger partial charge in [-0.05, 0) is 31.9 Å². The molecule has 0 aromatic carbocycles. The van der Waals surface area contributed by atoms with Crippen molar-refractivity contribution in [2.75, 3.05) is 7.05 Å². The first kappa shape index (κ1) is 16.7. The van der Waals surface area contributed by atoms with Crippen LogP contribution >= 0.6 is 0 Å². The van der Waals surface area contributed by atoms with E-state index in [9.17, 15) is 4.79 Å². The molecule has 1 aliphatic rings. The van der Waals surface area contributed by atoms with Crippen LogP contribution in [0, 0.1) is 0 Å². The van der Waals surface area contributed by atoms with Crippen LogP contribution < -0.4 is 5.32 Å². The Bertz CT molecular complexity index is 664. The first-order valence-electron chi connectivity index (χ1n) is 8.53. The molecule has 24 heavy (non-hydrogen) atoms. The van der Waals surface area contributed by atoms with Gasteiger partial charge in [-0.25, -0.2) is 0 Å². The minimum atomic E-state index is 0.0194. The van der Waals surface area contributed by atoms with Crippen LogP contribution in [0.1, 0.15) is 37.9 Å². The minimum Gasteiger partial charge on any atom is -0.336 e. The van der Waals surface area contributed by atoms with E-state index in [2.05, 4.69) is 22.4 Å². The van der Waals surface area contributed by atoms with E-state index in [0.29, 0.717) is 12.5 Å². The van der Waals surface area contributed by atoms with Gasteiger partial charge in [0.05, 0.1) is 11.7 Å².